The van der Waals surface area contributed by atoms with Gasteiger partial charge in [0.1, 0.15) is 17.5 Å². The van der Waals surface area contributed by atoms with Crippen LogP contribution in [0.3, 0.4) is 0 Å². The van der Waals surface area contributed by atoms with Gasteiger partial charge < -0.3 is 9.53 Å². The maximum absolute atomic E-state index is 9.92. The Balaban J connectivity index is 2.32. The van der Waals surface area contributed by atoms with E-state index in [1.807, 2.05) is 18.2 Å². The Hall–Kier alpha value is -0.740. The van der Waals surface area contributed by atoms with Gasteiger partial charge in [-0.05, 0) is 28.1 Å². The van der Waals surface area contributed by atoms with Crippen molar-refractivity contribution in [2.75, 3.05) is 13.2 Å². The van der Waals surface area contributed by atoms with E-state index >= 15 is 0 Å². The molecule has 1 aromatic rings. The van der Waals surface area contributed by atoms with Crippen LogP contribution in [0.15, 0.2) is 22.8 Å². The number of nitrogens with zero attached hydrogens (tertiary/aromatic N) is 1. The summed E-state index contributed by atoms with van der Waals surface area (Å²) in [6.45, 7) is 0.691. The Morgan fingerprint density at radius 2 is 2.38 bits per heavy atom. The summed E-state index contributed by atoms with van der Waals surface area (Å²) in [6, 6.07) is 5.72. The maximum atomic E-state index is 9.92. The summed E-state index contributed by atoms with van der Waals surface area (Å²) < 4.78 is 5.82. The molecule has 1 rings (SSSR count). The Kier molecular flexibility index (Phi) is 4.64. The van der Waals surface area contributed by atoms with Crippen molar-refractivity contribution in [1.82, 2.24) is 4.98 Å². The van der Waals surface area contributed by atoms with Crippen molar-refractivity contribution in [2.24, 2.45) is 0 Å². The Morgan fingerprint density at radius 1 is 1.54 bits per heavy atom. The monoisotopic (exact) mass is 243 g/mol. The number of carbonyl (C=O) groups excluding carboxylic acids is 1. The lowest BCUT2D eigenvalue weighted by molar-refractivity contribution is -0.111. The van der Waals surface area contributed by atoms with Gasteiger partial charge in [-0.25, -0.2) is 4.98 Å². The predicted molar refractivity (Wildman–Crippen MR) is 52.5 cm³/mol. The summed E-state index contributed by atoms with van der Waals surface area (Å²) in [5, 5.41) is 0. The van der Waals surface area contributed by atoms with Crippen LogP contribution in [-0.2, 0) is 16.0 Å². The second-order valence-corrected chi connectivity index (χ2v) is 3.26. The number of hydrogen-bond acceptors (Lipinski definition) is 3. The van der Waals surface area contributed by atoms with Crippen LogP contribution in [0.25, 0.3) is 0 Å². The van der Waals surface area contributed by atoms with Gasteiger partial charge in [0.15, 0.2) is 0 Å². The molecule has 0 aromatic carbocycles. The number of halogens is 1. The maximum Gasteiger partial charge on any atom is 0.145 e. The molecule has 4 heteroatoms. The Labute approximate surface area is 85.3 Å². The molecule has 0 amide bonds. The van der Waals surface area contributed by atoms with E-state index in [2.05, 4.69) is 20.9 Å². The predicted octanol–water partition coefficient (Wildman–Crippen LogP) is 1.60. The fourth-order valence-electron chi connectivity index (χ4n) is 0.898. The smallest absolute Gasteiger partial charge is 0.145 e. The lowest BCUT2D eigenvalue weighted by Crippen LogP contribution is -2.02. The van der Waals surface area contributed by atoms with Gasteiger partial charge in [-0.15, -0.1) is 0 Å². The first-order valence-corrected chi connectivity index (χ1v) is 4.75. The van der Waals surface area contributed by atoms with Gasteiger partial charge >= 0.3 is 0 Å². The summed E-state index contributed by atoms with van der Waals surface area (Å²) in [4.78, 5) is 14.1. The number of aromatic nitrogens is 1. The lowest BCUT2D eigenvalue weighted by atomic mass is 10.3. The van der Waals surface area contributed by atoms with Crippen LogP contribution in [0.2, 0.25) is 0 Å². The summed E-state index contributed by atoms with van der Waals surface area (Å²) >= 11 is 3.28. The van der Waals surface area contributed by atoms with Crippen LogP contribution < -0.4 is 0 Å². The van der Waals surface area contributed by atoms with Crippen molar-refractivity contribution in [2.45, 2.75) is 6.42 Å². The zero-order valence-corrected chi connectivity index (χ0v) is 8.66. The van der Waals surface area contributed by atoms with E-state index < -0.39 is 0 Å². The third kappa shape index (κ3) is 4.15. The number of carbonyl (C=O) groups is 1. The van der Waals surface area contributed by atoms with Gasteiger partial charge in [-0.1, -0.05) is 6.07 Å². The number of ether oxygens (including phenoxy) is 1. The van der Waals surface area contributed by atoms with Crippen molar-refractivity contribution in [3.63, 3.8) is 0 Å². The van der Waals surface area contributed by atoms with E-state index in [-0.39, 0.29) is 6.61 Å². The summed E-state index contributed by atoms with van der Waals surface area (Å²) in [5.41, 5.74) is 0.959. The second kappa shape index (κ2) is 5.83. The van der Waals surface area contributed by atoms with Gasteiger partial charge in [0.25, 0.3) is 0 Å². The minimum Gasteiger partial charge on any atom is -0.374 e. The molecule has 0 fully saturated rings. The molecule has 0 atom stereocenters. The van der Waals surface area contributed by atoms with Crippen molar-refractivity contribution in [3.05, 3.63) is 28.5 Å². The normalized spacial score (nSPS) is 9.92. The largest absolute Gasteiger partial charge is 0.374 e. The van der Waals surface area contributed by atoms with Crippen molar-refractivity contribution in [3.8, 4) is 0 Å². The molecule has 1 heterocycles. The van der Waals surface area contributed by atoms with Gasteiger partial charge in [0.05, 0.1) is 6.61 Å². The molecule has 0 aliphatic heterocycles. The van der Waals surface area contributed by atoms with Crippen LogP contribution in [-0.4, -0.2) is 24.5 Å². The number of pyridine rings is 1. The van der Waals surface area contributed by atoms with Gasteiger partial charge in [-0.2, -0.15) is 0 Å². The minimum absolute atomic E-state index is 0.161. The number of hydrogen-bond donors (Lipinski definition) is 0. The van der Waals surface area contributed by atoms with E-state index in [9.17, 15) is 4.79 Å². The molecule has 0 bridgehead atoms. The van der Waals surface area contributed by atoms with E-state index in [0.717, 1.165) is 23.0 Å². The highest BCUT2D eigenvalue weighted by atomic mass is 79.9. The molecule has 0 unspecified atom stereocenters. The second-order valence-electron chi connectivity index (χ2n) is 2.44. The lowest BCUT2D eigenvalue weighted by Gasteiger charge is -2.00. The van der Waals surface area contributed by atoms with Crippen molar-refractivity contribution in [1.29, 1.82) is 0 Å². The van der Waals surface area contributed by atoms with E-state index in [0.29, 0.717) is 6.61 Å². The highest BCUT2D eigenvalue weighted by Gasteiger charge is 1.95. The topological polar surface area (TPSA) is 39.2 Å². The standard InChI is InChI=1S/C9H10BrNO2/c10-9-3-1-2-8(11-9)4-6-13-7-5-12/h1-3,5H,4,6-7H2. The third-order valence-corrected chi connectivity index (χ3v) is 1.90. The molecule has 0 spiro atoms. The van der Waals surface area contributed by atoms with E-state index in [1.54, 1.807) is 0 Å². The average Bonchev–Trinajstić information content (AvgIpc) is 2.13. The van der Waals surface area contributed by atoms with E-state index in [1.165, 1.54) is 0 Å². The molecule has 0 aliphatic carbocycles. The fourth-order valence-corrected chi connectivity index (χ4v) is 1.28. The molecule has 0 saturated carbocycles. The quantitative estimate of drug-likeness (QED) is 0.448. The Morgan fingerprint density at radius 3 is 3.08 bits per heavy atom. The first-order chi connectivity index (χ1) is 6.33. The van der Waals surface area contributed by atoms with Crippen molar-refractivity contribution < 1.29 is 9.53 Å². The SMILES string of the molecule is O=CCOCCc1cccc(Br)n1. The zero-order chi connectivity index (χ0) is 9.52. The molecule has 0 N–H and O–H groups in total. The van der Waals surface area contributed by atoms with Gasteiger partial charge in [0, 0.05) is 12.1 Å². The van der Waals surface area contributed by atoms with Crippen LogP contribution >= 0.6 is 15.9 Å². The van der Waals surface area contributed by atoms with Crippen LogP contribution in [0, 0.1) is 0 Å². The molecule has 0 saturated heterocycles. The fraction of sp³-hybridized carbons (Fsp3) is 0.333. The molecule has 0 radical (unpaired) electrons. The molecule has 0 aliphatic rings. The van der Waals surface area contributed by atoms with Gasteiger partial charge in [-0.3, -0.25) is 0 Å². The number of aldehydes is 1. The highest BCUT2D eigenvalue weighted by Crippen LogP contribution is 2.06. The minimum atomic E-state index is 0.161. The van der Waals surface area contributed by atoms with Crippen LogP contribution in [0.5, 0.6) is 0 Å². The molecule has 13 heavy (non-hydrogen) atoms. The molecular weight excluding hydrogens is 234 g/mol. The zero-order valence-electron chi connectivity index (χ0n) is 7.07. The molecular formula is C9H10BrNO2. The van der Waals surface area contributed by atoms with Crippen LogP contribution in [0.4, 0.5) is 0 Å². The first-order valence-electron chi connectivity index (χ1n) is 3.96. The average molecular weight is 244 g/mol. The van der Waals surface area contributed by atoms with Crippen molar-refractivity contribution >= 4 is 22.2 Å². The third-order valence-electron chi connectivity index (χ3n) is 1.46. The van der Waals surface area contributed by atoms with Crippen LogP contribution in [0.1, 0.15) is 5.69 Å². The molecule has 70 valence electrons. The highest BCUT2D eigenvalue weighted by molar-refractivity contribution is 9.10. The summed E-state index contributed by atoms with van der Waals surface area (Å²) in [6.07, 6.45) is 1.47. The van der Waals surface area contributed by atoms with E-state index in [4.69, 9.17) is 4.74 Å². The number of rotatable bonds is 5. The van der Waals surface area contributed by atoms with Gasteiger partial charge in [0.2, 0.25) is 0 Å². The summed E-state index contributed by atoms with van der Waals surface area (Å²) in [7, 11) is 0. The first kappa shape index (κ1) is 10.3. The Bertz CT molecular complexity index is 278. The molecule has 1 aromatic heterocycles. The summed E-state index contributed by atoms with van der Waals surface area (Å²) in [5.74, 6) is 0. The molecule has 3 nitrogen and oxygen atoms in total.